The van der Waals surface area contributed by atoms with Gasteiger partial charge in [0, 0.05) is 12.0 Å². The van der Waals surface area contributed by atoms with Gasteiger partial charge in [-0.1, -0.05) is 54.6 Å². The topological polar surface area (TPSA) is 57.6 Å². The van der Waals surface area contributed by atoms with E-state index in [-0.39, 0.29) is 19.2 Å². The lowest BCUT2D eigenvalue weighted by Gasteiger charge is -2.26. The van der Waals surface area contributed by atoms with Gasteiger partial charge in [-0.05, 0) is 35.6 Å². The molecule has 1 atom stereocenters. The van der Waals surface area contributed by atoms with Gasteiger partial charge in [-0.3, -0.25) is 0 Å². The molecule has 0 bridgehead atoms. The third-order valence-corrected chi connectivity index (χ3v) is 5.90. The Morgan fingerprint density at radius 2 is 1.79 bits per heavy atom. The van der Waals surface area contributed by atoms with Crippen molar-refractivity contribution < 1.29 is 13.5 Å². The number of aliphatic hydroxyl groups is 1. The second-order valence-corrected chi connectivity index (χ2v) is 7.62. The van der Waals surface area contributed by atoms with Crippen molar-refractivity contribution >= 4 is 16.1 Å². The molecule has 0 aliphatic heterocycles. The largest absolute Gasteiger partial charge is 0.395 e. The maximum atomic E-state index is 12.8. The summed E-state index contributed by atoms with van der Waals surface area (Å²) in [5.74, 6) is 0. The zero-order chi connectivity index (χ0) is 17.0. The standard InChI is InChI=1S/C19H21NO3S/c21-14-13-20(19-11-10-17-8-4-5-9-18(17)19)24(22,23)15-12-16-6-2-1-3-7-16/h1-9,12,15,19,21H,10-11,13-14H2/b15-12+. The number of sulfonamides is 1. The Labute approximate surface area is 143 Å². The minimum atomic E-state index is -3.62. The van der Waals surface area contributed by atoms with Gasteiger partial charge in [-0.2, -0.15) is 4.31 Å². The maximum Gasteiger partial charge on any atom is 0.236 e. The lowest BCUT2D eigenvalue weighted by atomic mass is 10.1. The Morgan fingerprint density at radius 3 is 2.54 bits per heavy atom. The molecule has 24 heavy (non-hydrogen) atoms. The molecule has 0 spiro atoms. The summed E-state index contributed by atoms with van der Waals surface area (Å²) >= 11 is 0. The van der Waals surface area contributed by atoms with Crippen molar-refractivity contribution in [1.29, 1.82) is 0 Å². The molecule has 0 radical (unpaired) electrons. The molecule has 2 aromatic rings. The predicted molar refractivity (Wildman–Crippen MR) is 95.7 cm³/mol. The fourth-order valence-electron chi connectivity index (χ4n) is 3.20. The molecule has 1 N–H and O–H groups in total. The van der Waals surface area contributed by atoms with Gasteiger partial charge in [0.15, 0.2) is 0 Å². The van der Waals surface area contributed by atoms with Crippen LogP contribution in [0.5, 0.6) is 0 Å². The van der Waals surface area contributed by atoms with E-state index < -0.39 is 10.0 Å². The number of aliphatic hydroxyl groups excluding tert-OH is 1. The van der Waals surface area contributed by atoms with E-state index in [0.29, 0.717) is 0 Å². The van der Waals surface area contributed by atoms with Crippen LogP contribution in [-0.4, -0.2) is 31.0 Å². The highest BCUT2D eigenvalue weighted by molar-refractivity contribution is 7.92. The predicted octanol–water partition coefficient (Wildman–Crippen LogP) is 2.97. The third kappa shape index (κ3) is 3.59. The van der Waals surface area contributed by atoms with Gasteiger partial charge in [0.1, 0.15) is 0 Å². The molecule has 0 aromatic heterocycles. The third-order valence-electron chi connectivity index (χ3n) is 4.33. The first kappa shape index (κ1) is 16.9. The number of benzene rings is 2. The van der Waals surface area contributed by atoms with Crippen LogP contribution in [-0.2, 0) is 16.4 Å². The zero-order valence-corrected chi connectivity index (χ0v) is 14.2. The summed E-state index contributed by atoms with van der Waals surface area (Å²) < 4.78 is 27.1. The molecule has 3 rings (SSSR count). The van der Waals surface area contributed by atoms with E-state index in [0.717, 1.165) is 24.0 Å². The maximum absolute atomic E-state index is 12.8. The van der Waals surface area contributed by atoms with Crippen molar-refractivity contribution in [2.45, 2.75) is 18.9 Å². The van der Waals surface area contributed by atoms with Gasteiger partial charge in [-0.25, -0.2) is 8.42 Å². The van der Waals surface area contributed by atoms with Gasteiger partial charge >= 0.3 is 0 Å². The summed E-state index contributed by atoms with van der Waals surface area (Å²) in [7, 11) is -3.62. The molecule has 126 valence electrons. The summed E-state index contributed by atoms with van der Waals surface area (Å²) in [4.78, 5) is 0. The molecule has 1 aliphatic rings. The minimum absolute atomic E-state index is 0.0977. The van der Waals surface area contributed by atoms with Crippen LogP contribution in [0.3, 0.4) is 0 Å². The van der Waals surface area contributed by atoms with Crippen LogP contribution in [0.4, 0.5) is 0 Å². The lowest BCUT2D eigenvalue weighted by molar-refractivity contribution is 0.227. The highest BCUT2D eigenvalue weighted by Crippen LogP contribution is 2.37. The van der Waals surface area contributed by atoms with Crippen LogP contribution in [0.25, 0.3) is 6.08 Å². The second kappa shape index (κ2) is 7.30. The second-order valence-electron chi connectivity index (χ2n) is 5.85. The van der Waals surface area contributed by atoms with Crippen molar-refractivity contribution in [3.63, 3.8) is 0 Å². The monoisotopic (exact) mass is 343 g/mol. The zero-order valence-electron chi connectivity index (χ0n) is 13.4. The van der Waals surface area contributed by atoms with Crippen LogP contribution in [0.15, 0.2) is 60.0 Å². The molecule has 0 heterocycles. The number of aryl methyl sites for hydroxylation is 1. The number of rotatable bonds is 6. The Kier molecular flexibility index (Phi) is 5.14. The van der Waals surface area contributed by atoms with E-state index in [2.05, 4.69) is 0 Å². The van der Waals surface area contributed by atoms with Gasteiger partial charge in [0.2, 0.25) is 10.0 Å². The molecule has 5 heteroatoms. The Balaban J connectivity index is 1.89. The van der Waals surface area contributed by atoms with Crippen molar-refractivity contribution in [2.24, 2.45) is 0 Å². The van der Waals surface area contributed by atoms with Gasteiger partial charge in [0.05, 0.1) is 12.6 Å². The first-order valence-electron chi connectivity index (χ1n) is 8.05. The average molecular weight is 343 g/mol. The molecule has 1 unspecified atom stereocenters. The number of nitrogens with zero attached hydrogens (tertiary/aromatic N) is 1. The normalized spacial score (nSPS) is 17.5. The number of fused-ring (bicyclic) bond motifs is 1. The van der Waals surface area contributed by atoms with Crippen molar-refractivity contribution in [1.82, 2.24) is 4.31 Å². The summed E-state index contributed by atoms with van der Waals surface area (Å²) in [6.07, 6.45) is 3.21. The highest BCUT2D eigenvalue weighted by atomic mass is 32.2. The Hall–Kier alpha value is -1.95. The van der Waals surface area contributed by atoms with Gasteiger partial charge in [0.25, 0.3) is 0 Å². The Bertz CT molecular complexity index is 816. The van der Waals surface area contributed by atoms with Crippen LogP contribution < -0.4 is 0 Å². The summed E-state index contributed by atoms with van der Waals surface area (Å²) in [6.45, 7) is -0.0997. The molecule has 0 fully saturated rings. The van der Waals surface area contributed by atoms with Crippen LogP contribution in [0.2, 0.25) is 0 Å². The van der Waals surface area contributed by atoms with Crippen LogP contribution in [0.1, 0.15) is 29.2 Å². The molecular formula is C19H21NO3S. The van der Waals surface area contributed by atoms with E-state index in [1.807, 2.05) is 54.6 Å². The molecular weight excluding hydrogens is 322 g/mol. The van der Waals surface area contributed by atoms with E-state index in [9.17, 15) is 13.5 Å². The Morgan fingerprint density at radius 1 is 1.08 bits per heavy atom. The lowest BCUT2D eigenvalue weighted by Crippen LogP contribution is -2.35. The van der Waals surface area contributed by atoms with Crippen molar-refractivity contribution in [2.75, 3.05) is 13.2 Å². The van der Waals surface area contributed by atoms with E-state index in [1.54, 1.807) is 6.08 Å². The highest BCUT2D eigenvalue weighted by Gasteiger charge is 2.33. The molecule has 1 aliphatic carbocycles. The summed E-state index contributed by atoms with van der Waals surface area (Å²) in [5.41, 5.74) is 3.06. The SMILES string of the molecule is O=S(=O)(/C=C/c1ccccc1)N(CCO)C1CCc2ccccc21. The van der Waals surface area contributed by atoms with Crippen LogP contribution >= 0.6 is 0 Å². The van der Waals surface area contributed by atoms with Gasteiger partial charge < -0.3 is 5.11 Å². The molecule has 0 saturated carbocycles. The van der Waals surface area contributed by atoms with Crippen molar-refractivity contribution in [3.05, 3.63) is 76.7 Å². The van der Waals surface area contributed by atoms with E-state index >= 15 is 0 Å². The van der Waals surface area contributed by atoms with E-state index in [4.69, 9.17) is 0 Å². The smallest absolute Gasteiger partial charge is 0.236 e. The molecule has 0 amide bonds. The molecule has 4 nitrogen and oxygen atoms in total. The minimum Gasteiger partial charge on any atom is -0.395 e. The molecule has 2 aromatic carbocycles. The molecule has 0 saturated heterocycles. The van der Waals surface area contributed by atoms with E-state index in [1.165, 1.54) is 15.3 Å². The number of hydrogen-bond donors (Lipinski definition) is 1. The quantitative estimate of drug-likeness (QED) is 0.877. The van der Waals surface area contributed by atoms with Crippen LogP contribution in [0, 0.1) is 0 Å². The number of hydrogen-bond acceptors (Lipinski definition) is 3. The fourth-order valence-corrected chi connectivity index (χ4v) is 4.59. The first-order chi connectivity index (χ1) is 11.6. The summed E-state index contributed by atoms with van der Waals surface area (Å²) in [5, 5.41) is 10.6. The van der Waals surface area contributed by atoms with Gasteiger partial charge in [-0.15, -0.1) is 0 Å². The first-order valence-corrected chi connectivity index (χ1v) is 9.56. The average Bonchev–Trinajstić information content (AvgIpc) is 3.02. The van der Waals surface area contributed by atoms with Crippen molar-refractivity contribution in [3.8, 4) is 0 Å². The summed E-state index contributed by atoms with van der Waals surface area (Å²) in [6, 6.07) is 17.0. The fraction of sp³-hybridized carbons (Fsp3) is 0.263.